The number of aryl methyl sites for hydroxylation is 2. The lowest BCUT2D eigenvalue weighted by Crippen LogP contribution is -2.29. The summed E-state index contributed by atoms with van der Waals surface area (Å²) >= 11 is 0. The Morgan fingerprint density at radius 1 is 1.13 bits per heavy atom. The van der Waals surface area contributed by atoms with Crippen molar-refractivity contribution in [2.45, 2.75) is 25.7 Å². The molecule has 1 heterocycles. The highest BCUT2D eigenvalue weighted by Gasteiger charge is 2.23. The van der Waals surface area contributed by atoms with E-state index in [2.05, 4.69) is 9.88 Å². The van der Waals surface area contributed by atoms with Gasteiger partial charge in [-0.15, -0.1) is 0 Å². The third-order valence-electron chi connectivity index (χ3n) is 3.03. The molecule has 0 bridgehead atoms. The van der Waals surface area contributed by atoms with Gasteiger partial charge in [-0.25, -0.2) is 13.1 Å². The van der Waals surface area contributed by atoms with Crippen molar-refractivity contribution >= 4 is 10.0 Å². The van der Waals surface area contributed by atoms with Crippen LogP contribution in [-0.2, 0) is 10.0 Å². The molecule has 1 aromatic heterocycles. The first kappa shape index (κ1) is 17.3. The van der Waals surface area contributed by atoms with Crippen LogP contribution in [0, 0.1) is 13.8 Å². The van der Waals surface area contributed by atoms with Gasteiger partial charge in [0.1, 0.15) is 28.7 Å². The summed E-state index contributed by atoms with van der Waals surface area (Å²) in [5, 5.41) is 3.64. The van der Waals surface area contributed by atoms with Crippen LogP contribution < -0.4 is 14.2 Å². The number of aromatic nitrogens is 1. The van der Waals surface area contributed by atoms with E-state index in [1.165, 1.54) is 0 Å². The highest BCUT2D eigenvalue weighted by molar-refractivity contribution is 7.89. The highest BCUT2D eigenvalue weighted by Crippen LogP contribution is 2.19. The monoisotopic (exact) mass is 340 g/mol. The number of nitrogens with zero attached hydrogens (tertiary/aromatic N) is 1. The Bertz CT molecular complexity index is 718. The Kier molecular flexibility index (Phi) is 5.62. The Morgan fingerprint density at radius 3 is 2.26 bits per heavy atom. The van der Waals surface area contributed by atoms with Crippen LogP contribution in [0.15, 0.2) is 33.7 Å². The molecule has 2 aromatic rings. The maximum atomic E-state index is 12.2. The molecular formula is C15H20N2O5S. The molecule has 0 unspecified atom stereocenters. The zero-order valence-corrected chi connectivity index (χ0v) is 14.1. The van der Waals surface area contributed by atoms with Crippen LogP contribution in [0.25, 0.3) is 0 Å². The van der Waals surface area contributed by atoms with E-state index in [1.807, 2.05) is 6.92 Å². The van der Waals surface area contributed by atoms with Crippen molar-refractivity contribution in [2.75, 3.05) is 19.8 Å². The van der Waals surface area contributed by atoms with Crippen LogP contribution in [-0.4, -0.2) is 33.3 Å². The van der Waals surface area contributed by atoms with Crippen molar-refractivity contribution in [3.05, 3.63) is 35.7 Å². The van der Waals surface area contributed by atoms with Crippen molar-refractivity contribution in [2.24, 2.45) is 0 Å². The third-order valence-corrected chi connectivity index (χ3v) is 4.74. The first-order chi connectivity index (χ1) is 10.9. The highest BCUT2D eigenvalue weighted by atomic mass is 32.2. The molecule has 1 aromatic carbocycles. The second kappa shape index (κ2) is 7.47. The van der Waals surface area contributed by atoms with E-state index in [1.54, 1.807) is 38.1 Å². The minimum Gasteiger partial charge on any atom is -0.494 e. The third kappa shape index (κ3) is 4.46. The summed E-state index contributed by atoms with van der Waals surface area (Å²) in [6, 6.07) is 7.14. The fraction of sp³-hybridized carbons (Fsp3) is 0.400. The average molecular weight is 340 g/mol. The number of nitrogens with one attached hydrogen (secondary N) is 1. The molecule has 2 rings (SSSR count). The lowest BCUT2D eigenvalue weighted by Gasteiger charge is -2.09. The van der Waals surface area contributed by atoms with Gasteiger partial charge in [-0.3, -0.25) is 0 Å². The summed E-state index contributed by atoms with van der Waals surface area (Å²) in [4.78, 5) is 0.0820. The van der Waals surface area contributed by atoms with Gasteiger partial charge in [0, 0.05) is 6.54 Å². The summed E-state index contributed by atoms with van der Waals surface area (Å²) in [7, 11) is -3.65. The lowest BCUT2D eigenvalue weighted by molar-refractivity contribution is 0.319. The van der Waals surface area contributed by atoms with Crippen LogP contribution in [0.3, 0.4) is 0 Å². The van der Waals surface area contributed by atoms with E-state index in [0.29, 0.717) is 18.1 Å². The molecule has 0 spiro atoms. The molecule has 0 aliphatic carbocycles. The maximum absolute atomic E-state index is 12.2. The Labute approximate surface area is 135 Å². The van der Waals surface area contributed by atoms with Gasteiger partial charge in [0.05, 0.1) is 6.61 Å². The normalized spacial score (nSPS) is 11.4. The van der Waals surface area contributed by atoms with Gasteiger partial charge in [0.15, 0.2) is 5.76 Å². The second-order valence-corrected chi connectivity index (χ2v) is 6.51. The van der Waals surface area contributed by atoms with Gasteiger partial charge in [-0.05, 0) is 45.0 Å². The van der Waals surface area contributed by atoms with Crippen LogP contribution >= 0.6 is 0 Å². The zero-order valence-electron chi connectivity index (χ0n) is 13.3. The van der Waals surface area contributed by atoms with Gasteiger partial charge in [-0.1, -0.05) is 5.16 Å². The number of rotatable bonds is 8. The molecule has 126 valence electrons. The molecule has 1 N–H and O–H groups in total. The minimum atomic E-state index is -3.65. The summed E-state index contributed by atoms with van der Waals surface area (Å²) < 4.78 is 42.5. The largest absolute Gasteiger partial charge is 0.494 e. The number of hydrogen-bond donors (Lipinski definition) is 1. The van der Waals surface area contributed by atoms with E-state index in [0.717, 1.165) is 5.75 Å². The van der Waals surface area contributed by atoms with E-state index < -0.39 is 10.0 Å². The maximum Gasteiger partial charge on any atom is 0.246 e. The van der Waals surface area contributed by atoms with Gasteiger partial charge >= 0.3 is 0 Å². The molecule has 0 fully saturated rings. The molecular weight excluding hydrogens is 320 g/mol. The second-order valence-electron chi connectivity index (χ2n) is 4.80. The van der Waals surface area contributed by atoms with Crippen molar-refractivity contribution in [1.82, 2.24) is 9.88 Å². The Balaban J connectivity index is 1.85. The molecule has 0 aliphatic heterocycles. The first-order valence-electron chi connectivity index (χ1n) is 7.22. The van der Waals surface area contributed by atoms with E-state index in [4.69, 9.17) is 14.0 Å². The molecule has 0 aliphatic rings. The number of hydrogen-bond acceptors (Lipinski definition) is 6. The summed E-state index contributed by atoms with van der Waals surface area (Å²) in [5.74, 6) is 1.67. The lowest BCUT2D eigenvalue weighted by atomic mass is 10.3. The van der Waals surface area contributed by atoms with Crippen molar-refractivity contribution in [1.29, 1.82) is 0 Å². The molecule has 0 amide bonds. The number of sulfonamides is 1. The van der Waals surface area contributed by atoms with Crippen molar-refractivity contribution in [3.8, 4) is 11.5 Å². The fourth-order valence-electron chi connectivity index (χ4n) is 2.07. The standard InChI is InChI=1S/C15H20N2O5S/c1-4-20-13-5-7-14(8-6-13)21-10-9-16-23(18,19)15-11(2)17-22-12(15)3/h5-8,16H,4,9-10H2,1-3H3. The van der Waals surface area contributed by atoms with Gasteiger partial charge in [0.25, 0.3) is 0 Å². The summed E-state index contributed by atoms with van der Waals surface area (Å²) in [6.45, 7) is 6.00. The summed E-state index contributed by atoms with van der Waals surface area (Å²) in [5.41, 5.74) is 0.336. The van der Waals surface area contributed by atoms with Crippen LogP contribution in [0.5, 0.6) is 11.5 Å². The van der Waals surface area contributed by atoms with Gasteiger partial charge in [-0.2, -0.15) is 0 Å². The number of benzene rings is 1. The molecule has 23 heavy (non-hydrogen) atoms. The predicted molar refractivity (Wildman–Crippen MR) is 84.3 cm³/mol. The van der Waals surface area contributed by atoms with Gasteiger partial charge < -0.3 is 14.0 Å². The fourth-order valence-corrected chi connectivity index (χ4v) is 3.41. The first-order valence-corrected chi connectivity index (χ1v) is 8.70. The Morgan fingerprint density at radius 2 is 1.74 bits per heavy atom. The molecule has 0 saturated carbocycles. The van der Waals surface area contributed by atoms with E-state index in [9.17, 15) is 8.42 Å². The SMILES string of the molecule is CCOc1ccc(OCCNS(=O)(=O)c2c(C)noc2C)cc1. The van der Waals surface area contributed by atoms with Crippen LogP contribution in [0.4, 0.5) is 0 Å². The molecule has 0 atom stereocenters. The van der Waals surface area contributed by atoms with Crippen molar-refractivity contribution in [3.63, 3.8) is 0 Å². The minimum absolute atomic E-state index is 0.0820. The van der Waals surface area contributed by atoms with E-state index in [-0.39, 0.29) is 23.8 Å². The predicted octanol–water partition coefficient (Wildman–Crippen LogP) is 2.05. The quantitative estimate of drug-likeness (QED) is 0.740. The van der Waals surface area contributed by atoms with Crippen LogP contribution in [0.2, 0.25) is 0 Å². The smallest absolute Gasteiger partial charge is 0.246 e. The van der Waals surface area contributed by atoms with E-state index >= 15 is 0 Å². The van der Waals surface area contributed by atoms with Gasteiger partial charge in [0.2, 0.25) is 10.0 Å². The molecule has 0 radical (unpaired) electrons. The number of ether oxygens (including phenoxy) is 2. The zero-order chi connectivity index (χ0) is 16.9. The van der Waals surface area contributed by atoms with Crippen LogP contribution in [0.1, 0.15) is 18.4 Å². The Hall–Kier alpha value is -2.06. The molecule has 0 saturated heterocycles. The topological polar surface area (TPSA) is 90.7 Å². The molecule has 8 heteroatoms. The van der Waals surface area contributed by atoms with Crippen molar-refractivity contribution < 1.29 is 22.4 Å². The molecule has 7 nitrogen and oxygen atoms in total. The summed E-state index contributed by atoms with van der Waals surface area (Å²) in [6.07, 6.45) is 0. The average Bonchev–Trinajstić information content (AvgIpc) is 2.85.